The molecule has 0 aliphatic heterocycles. The molecule has 0 aliphatic rings. The van der Waals surface area contributed by atoms with Gasteiger partial charge in [0.15, 0.2) is 0 Å². The maximum Gasteiger partial charge on any atom is 0.274 e. The second-order valence-corrected chi connectivity index (χ2v) is 5.97. The molecule has 0 unspecified atom stereocenters. The molecule has 3 rings (SSSR count). The number of fused-ring (bicyclic) bond motifs is 1. The van der Waals surface area contributed by atoms with Crippen molar-refractivity contribution in [3.63, 3.8) is 0 Å². The number of hydrogen-bond acceptors (Lipinski definition) is 4. The van der Waals surface area contributed by atoms with Crippen LogP contribution in [0.3, 0.4) is 0 Å². The third-order valence-corrected chi connectivity index (χ3v) is 4.06. The fourth-order valence-corrected chi connectivity index (χ4v) is 2.65. The fourth-order valence-electron chi connectivity index (χ4n) is 2.65. The van der Waals surface area contributed by atoms with E-state index in [-0.39, 0.29) is 0 Å². The molecular weight excluding hydrogens is 318 g/mol. The molecule has 6 heteroatoms. The standard InChI is InChI=1S/C19H21N3O3/c1-14-3-5-15(6-4-14)12-25-10-2-9-22-13-20-17-8-7-16(11-18(17)22)19(23)21-24/h3-8,11,13,24H,2,9-10,12H2,1H3,(H,21,23). The second kappa shape index (κ2) is 7.92. The van der Waals surface area contributed by atoms with Crippen molar-refractivity contribution >= 4 is 16.9 Å². The Morgan fingerprint density at radius 1 is 1.24 bits per heavy atom. The van der Waals surface area contributed by atoms with E-state index in [0.717, 1.165) is 24.0 Å². The number of carbonyl (C=O) groups is 1. The van der Waals surface area contributed by atoms with Crippen LogP contribution < -0.4 is 5.48 Å². The summed E-state index contributed by atoms with van der Waals surface area (Å²) in [6.07, 6.45) is 2.60. The van der Waals surface area contributed by atoms with Crippen molar-refractivity contribution in [1.82, 2.24) is 15.0 Å². The van der Waals surface area contributed by atoms with Crippen molar-refractivity contribution in [2.75, 3.05) is 6.61 Å². The molecule has 1 heterocycles. The van der Waals surface area contributed by atoms with Crippen molar-refractivity contribution in [2.45, 2.75) is 26.5 Å². The van der Waals surface area contributed by atoms with Crippen LogP contribution in [0.5, 0.6) is 0 Å². The van der Waals surface area contributed by atoms with Gasteiger partial charge in [-0.15, -0.1) is 0 Å². The molecule has 25 heavy (non-hydrogen) atoms. The number of rotatable bonds is 7. The average Bonchev–Trinajstić information content (AvgIpc) is 3.04. The Labute approximate surface area is 146 Å². The summed E-state index contributed by atoms with van der Waals surface area (Å²) in [5.41, 5.74) is 6.13. The van der Waals surface area contributed by atoms with Crippen LogP contribution in [0.4, 0.5) is 0 Å². The van der Waals surface area contributed by atoms with Gasteiger partial charge in [0, 0.05) is 18.7 Å². The molecule has 0 saturated heterocycles. The lowest BCUT2D eigenvalue weighted by Crippen LogP contribution is -2.18. The lowest BCUT2D eigenvalue weighted by Gasteiger charge is -2.07. The highest BCUT2D eigenvalue weighted by Gasteiger charge is 2.08. The Kier molecular flexibility index (Phi) is 5.42. The van der Waals surface area contributed by atoms with Gasteiger partial charge in [0.1, 0.15) is 0 Å². The number of nitrogens with one attached hydrogen (secondary N) is 1. The van der Waals surface area contributed by atoms with E-state index in [0.29, 0.717) is 18.8 Å². The number of nitrogens with zero attached hydrogens (tertiary/aromatic N) is 2. The summed E-state index contributed by atoms with van der Waals surface area (Å²) in [4.78, 5) is 15.9. The van der Waals surface area contributed by atoms with Gasteiger partial charge in [-0.2, -0.15) is 0 Å². The highest BCUT2D eigenvalue weighted by Crippen LogP contribution is 2.15. The zero-order valence-corrected chi connectivity index (χ0v) is 14.1. The number of amides is 1. The number of carbonyl (C=O) groups excluding carboxylic acids is 1. The Morgan fingerprint density at radius 2 is 2.04 bits per heavy atom. The predicted octanol–water partition coefficient (Wildman–Crippen LogP) is 3.07. The molecule has 0 fully saturated rings. The smallest absolute Gasteiger partial charge is 0.274 e. The van der Waals surface area contributed by atoms with Crippen LogP contribution in [0.15, 0.2) is 48.8 Å². The van der Waals surface area contributed by atoms with Gasteiger partial charge in [-0.05, 0) is 37.1 Å². The van der Waals surface area contributed by atoms with Crippen LogP contribution in [0, 0.1) is 6.92 Å². The Morgan fingerprint density at radius 3 is 2.80 bits per heavy atom. The molecule has 0 atom stereocenters. The molecule has 2 aromatic carbocycles. The lowest BCUT2D eigenvalue weighted by molar-refractivity contribution is 0.0706. The zero-order valence-electron chi connectivity index (χ0n) is 14.1. The minimum absolute atomic E-state index is 0.396. The first-order valence-electron chi connectivity index (χ1n) is 8.20. The van der Waals surface area contributed by atoms with Crippen LogP contribution in [-0.4, -0.2) is 27.3 Å². The summed E-state index contributed by atoms with van der Waals surface area (Å²) in [5.74, 6) is -0.531. The number of hydrogen-bond donors (Lipinski definition) is 2. The first kappa shape index (κ1) is 17.1. The van der Waals surface area contributed by atoms with Gasteiger partial charge >= 0.3 is 0 Å². The van der Waals surface area contributed by atoms with E-state index in [1.54, 1.807) is 30.0 Å². The lowest BCUT2D eigenvalue weighted by atomic mass is 10.2. The van der Waals surface area contributed by atoms with Gasteiger partial charge in [-0.1, -0.05) is 29.8 Å². The van der Waals surface area contributed by atoms with E-state index >= 15 is 0 Å². The van der Waals surface area contributed by atoms with E-state index in [9.17, 15) is 4.79 Å². The molecule has 2 N–H and O–H groups in total. The van der Waals surface area contributed by atoms with Crippen LogP contribution in [0.1, 0.15) is 27.9 Å². The monoisotopic (exact) mass is 339 g/mol. The normalized spacial score (nSPS) is 11.0. The maximum absolute atomic E-state index is 11.5. The Balaban J connectivity index is 1.54. The van der Waals surface area contributed by atoms with Crippen molar-refractivity contribution in [2.24, 2.45) is 0 Å². The minimum atomic E-state index is -0.531. The van der Waals surface area contributed by atoms with Crippen LogP contribution in [0.2, 0.25) is 0 Å². The first-order chi connectivity index (χ1) is 12.2. The van der Waals surface area contributed by atoms with Gasteiger partial charge in [0.25, 0.3) is 5.91 Å². The molecule has 0 radical (unpaired) electrons. The quantitative estimate of drug-likeness (QED) is 0.394. The van der Waals surface area contributed by atoms with E-state index in [4.69, 9.17) is 9.94 Å². The molecule has 0 aliphatic carbocycles. The predicted molar refractivity (Wildman–Crippen MR) is 94.4 cm³/mol. The summed E-state index contributed by atoms with van der Waals surface area (Å²) in [6, 6.07) is 13.4. The second-order valence-electron chi connectivity index (χ2n) is 5.97. The number of aryl methyl sites for hydroxylation is 2. The van der Waals surface area contributed by atoms with Crippen LogP contribution in [0.25, 0.3) is 11.0 Å². The summed E-state index contributed by atoms with van der Waals surface area (Å²) in [7, 11) is 0. The number of hydroxylamine groups is 1. The molecule has 3 aromatic rings. The maximum atomic E-state index is 11.5. The molecule has 0 saturated carbocycles. The highest BCUT2D eigenvalue weighted by atomic mass is 16.5. The van der Waals surface area contributed by atoms with Crippen LogP contribution >= 0.6 is 0 Å². The molecule has 0 bridgehead atoms. The molecule has 1 amide bonds. The van der Waals surface area contributed by atoms with Gasteiger partial charge < -0.3 is 9.30 Å². The van der Waals surface area contributed by atoms with E-state index in [2.05, 4.69) is 36.2 Å². The minimum Gasteiger partial charge on any atom is -0.377 e. The largest absolute Gasteiger partial charge is 0.377 e. The molecule has 130 valence electrons. The SMILES string of the molecule is Cc1ccc(COCCCn2cnc3ccc(C(=O)NO)cc32)cc1. The van der Waals surface area contributed by atoms with Crippen molar-refractivity contribution < 1.29 is 14.7 Å². The van der Waals surface area contributed by atoms with Crippen molar-refractivity contribution in [1.29, 1.82) is 0 Å². The van der Waals surface area contributed by atoms with Crippen molar-refractivity contribution in [3.05, 3.63) is 65.5 Å². The summed E-state index contributed by atoms with van der Waals surface area (Å²) in [5, 5.41) is 8.75. The van der Waals surface area contributed by atoms with E-state index in [1.165, 1.54) is 11.1 Å². The Bertz CT molecular complexity index is 856. The van der Waals surface area contributed by atoms with E-state index < -0.39 is 5.91 Å². The number of ether oxygens (including phenoxy) is 1. The van der Waals surface area contributed by atoms with Crippen molar-refractivity contribution in [3.8, 4) is 0 Å². The van der Waals surface area contributed by atoms with Gasteiger partial charge in [-0.3, -0.25) is 10.0 Å². The van der Waals surface area contributed by atoms with E-state index in [1.807, 2.05) is 4.57 Å². The fraction of sp³-hybridized carbons (Fsp3) is 0.263. The third-order valence-electron chi connectivity index (χ3n) is 4.06. The zero-order chi connectivity index (χ0) is 17.6. The van der Waals surface area contributed by atoms with Gasteiger partial charge in [-0.25, -0.2) is 10.5 Å². The summed E-state index contributed by atoms with van der Waals surface area (Å²) >= 11 is 0. The average molecular weight is 339 g/mol. The summed E-state index contributed by atoms with van der Waals surface area (Å²) in [6.45, 7) is 4.06. The number of aromatic nitrogens is 2. The van der Waals surface area contributed by atoms with Crippen LogP contribution in [-0.2, 0) is 17.9 Å². The number of benzene rings is 2. The van der Waals surface area contributed by atoms with Gasteiger partial charge in [0.05, 0.1) is 24.0 Å². The molecule has 1 aromatic heterocycles. The molecular formula is C19H21N3O3. The third kappa shape index (κ3) is 4.23. The summed E-state index contributed by atoms with van der Waals surface area (Å²) < 4.78 is 7.70. The first-order valence-corrected chi connectivity index (χ1v) is 8.20. The number of imidazole rings is 1. The highest BCUT2D eigenvalue weighted by molar-refractivity contribution is 5.96. The van der Waals surface area contributed by atoms with Gasteiger partial charge in [0.2, 0.25) is 0 Å². The Hall–Kier alpha value is -2.70. The molecule has 0 spiro atoms. The topological polar surface area (TPSA) is 76.4 Å². The molecule has 6 nitrogen and oxygen atoms in total.